The SMILES string of the molecule is BC(CC)(CCCCC)CCCCCCCCCC. The van der Waals surface area contributed by atoms with E-state index in [0.29, 0.717) is 5.31 Å². The molecular weight excluding hydrogens is 227 g/mol. The summed E-state index contributed by atoms with van der Waals surface area (Å²) in [4.78, 5) is 0. The summed E-state index contributed by atoms with van der Waals surface area (Å²) >= 11 is 0. The van der Waals surface area contributed by atoms with Crippen LogP contribution in [0.3, 0.4) is 0 Å². The van der Waals surface area contributed by atoms with Gasteiger partial charge in [-0.15, -0.1) is 0 Å². The van der Waals surface area contributed by atoms with Crippen LogP contribution in [0.1, 0.15) is 111 Å². The summed E-state index contributed by atoms with van der Waals surface area (Å²) in [6.07, 6.45) is 20.1. The van der Waals surface area contributed by atoms with Gasteiger partial charge in [0.25, 0.3) is 0 Å². The van der Waals surface area contributed by atoms with Crippen molar-refractivity contribution in [2.45, 2.75) is 116 Å². The Kier molecular flexibility index (Phi) is 13.1. The Bertz CT molecular complexity index is 179. The first-order valence-electron chi connectivity index (χ1n) is 9.18. The van der Waals surface area contributed by atoms with Crippen molar-refractivity contribution in [3.05, 3.63) is 0 Å². The molecule has 19 heavy (non-hydrogen) atoms. The van der Waals surface area contributed by atoms with Gasteiger partial charge in [-0.1, -0.05) is 116 Å². The molecule has 0 amide bonds. The van der Waals surface area contributed by atoms with Gasteiger partial charge in [-0.3, -0.25) is 0 Å². The summed E-state index contributed by atoms with van der Waals surface area (Å²) < 4.78 is 0. The second-order valence-corrected chi connectivity index (χ2v) is 6.85. The van der Waals surface area contributed by atoms with E-state index in [-0.39, 0.29) is 0 Å². The fourth-order valence-electron chi connectivity index (χ4n) is 2.97. The zero-order valence-corrected chi connectivity index (χ0v) is 14.4. The molecule has 0 aromatic heterocycles. The smallest absolute Gasteiger partial charge is 0.0655 e. The minimum atomic E-state index is 0.636. The summed E-state index contributed by atoms with van der Waals surface area (Å²) in [7, 11) is 2.52. The number of hydrogen-bond acceptors (Lipinski definition) is 0. The molecule has 0 N–H and O–H groups in total. The lowest BCUT2D eigenvalue weighted by molar-refractivity contribution is 0.416. The maximum atomic E-state index is 2.52. The zero-order valence-electron chi connectivity index (χ0n) is 14.4. The first-order valence-corrected chi connectivity index (χ1v) is 9.18. The lowest BCUT2D eigenvalue weighted by atomic mass is 9.61. The molecule has 0 nitrogen and oxygen atoms in total. The average molecular weight is 266 g/mol. The predicted molar refractivity (Wildman–Crippen MR) is 92.9 cm³/mol. The molecule has 0 fully saturated rings. The highest BCUT2D eigenvalue weighted by atomic mass is 14.2. The van der Waals surface area contributed by atoms with Gasteiger partial charge in [0, 0.05) is 0 Å². The van der Waals surface area contributed by atoms with Gasteiger partial charge in [0.15, 0.2) is 0 Å². The molecule has 1 atom stereocenters. The third-order valence-corrected chi connectivity index (χ3v) is 4.87. The van der Waals surface area contributed by atoms with Crippen LogP contribution >= 0.6 is 0 Å². The van der Waals surface area contributed by atoms with Gasteiger partial charge >= 0.3 is 0 Å². The highest BCUT2D eigenvalue weighted by molar-refractivity contribution is 6.15. The summed E-state index contributed by atoms with van der Waals surface area (Å²) in [5, 5.41) is 0.636. The summed E-state index contributed by atoms with van der Waals surface area (Å²) in [6.45, 7) is 6.99. The van der Waals surface area contributed by atoms with E-state index in [4.69, 9.17) is 0 Å². The first kappa shape index (κ1) is 19.1. The molecule has 0 saturated carbocycles. The molecule has 0 aliphatic carbocycles. The quantitative estimate of drug-likeness (QED) is 0.255. The molecule has 0 spiro atoms. The second-order valence-electron chi connectivity index (χ2n) is 6.85. The highest BCUT2D eigenvalue weighted by Crippen LogP contribution is 2.38. The van der Waals surface area contributed by atoms with Crippen molar-refractivity contribution in [2.75, 3.05) is 0 Å². The van der Waals surface area contributed by atoms with Crippen molar-refractivity contribution >= 4 is 7.85 Å². The summed E-state index contributed by atoms with van der Waals surface area (Å²) in [5.41, 5.74) is 0. The van der Waals surface area contributed by atoms with Gasteiger partial charge < -0.3 is 0 Å². The molecule has 0 radical (unpaired) electrons. The van der Waals surface area contributed by atoms with Crippen molar-refractivity contribution in [1.82, 2.24) is 0 Å². The van der Waals surface area contributed by atoms with Gasteiger partial charge in [0.1, 0.15) is 7.85 Å². The molecular formula is C18H39B. The molecule has 0 aromatic rings. The number of rotatable bonds is 14. The Labute approximate surface area is 124 Å². The van der Waals surface area contributed by atoms with E-state index < -0.39 is 0 Å². The van der Waals surface area contributed by atoms with Crippen LogP contribution in [0.4, 0.5) is 0 Å². The van der Waals surface area contributed by atoms with Crippen LogP contribution < -0.4 is 0 Å². The lowest BCUT2D eigenvalue weighted by Crippen LogP contribution is -2.11. The minimum Gasteiger partial charge on any atom is -0.0655 e. The fourth-order valence-corrected chi connectivity index (χ4v) is 2.97. The van der Waals surface area contributed by atoms with Crippen molar-refractivity contribution in [3.63, 3.8) is 0 Å². The van der Waals surface area contributed by atoms with Crippen LogP contribution in [0.2, 0.25) is 5.31 Å². The Morgan fingerprint density at radius 1 is 0.579 bits per heavy atom. The van der Waals surface area contributed by atoms with Gasteiger partial charge in [0.2, 0.25) is 0 Å². The molecule has 0 bridgehead atoms. The molecule has 0 aromatic carbocycles. The Morgan fingerprint density at radius 2 is 0.947 bits per heavy atom. The van der Waals surface area contributed by atoms with E-state index in [0.717, 1.165) is 0 Å². The van der Waals surface area contributed by atoms with E-state index in [2.05, 4.69) is 28.6 Å². The average Bonchev–Trinajstić information content (AvgIpc) is 2.42. The Morgan fingerprint density at radius 3 is 1.42 bits per heavy atom. The molecule has 0 heterocycles. The predicted octanol–water partition coefficient (Wildman–Crippen LogP) is 6.30. The topological polar surface area (TPSA) is 0 Å². The summed E-state index contributed by atoms with van der Waals surface area (Å²) in [6, 6.07) is 0. The van der Waals surface area contributed by atoms with Crippen LogP contribution in [0.15, 0.2) is 0 Å². The van der Waals surface area contributed by atoms with Crippen LogP contribution in [0.5, 0.6) is 0 Å². The third kappa shape index (κ3) is 11.6. The van der Waals surface area contributed by atoms with Gasteiger partial charge in [0.05, 0.1) is 0 Å². The molecule has 114 valence electrons. The summed E-state index contributed by atoms with van der Waals surface area (Å²) in [5.74, 6) is 0. The van der Waals surface area contributed by atoms with Crippen molar-refractivity contribution in [2.24, 2.45) is 0 Å². The van der Waals surface area contributed by atoms with E-state index in [1.54, 1.807) is 0 Å². The third-order valence-electron chi connectivity index (χ3n) is 4.87. The molecule has 1 heteroatoms. The van der Waals surface area contributed by atoms with Crippen LogP contribution in [0, 0.1) is 0 Å². The lowest BCUT2D eigenvalue weighted by Gasteiger charge is -2.28. The standard InChI is InChI=1S/C18H39B/c1-4-7-9-10-11-12-13-15-17-18(19,6-3)16-14-8-5-2/h4-17,19H2,1-3H3. The Hall–Kier alpha value is 0.0649. The highest BCUT2D eigenvalue weighted by Gasteiger charge is 2.20. The molecule has 1 unspecified atom stereocenters. The van der Waals surface area contributed by atoms with Crippen molar-refractivity contribution in [3.8, 4) is 0 Å². The van der Waals surface area contributed by atoms with Crippen molar-refractivity contribution in [1.29, 1.82) is 0 Å². The van der Waals surface area contributed by atoms with E-state index in [9.17, 15) is 0 Å². The monoisotopic (exact) mass is 266 g/mol. The van der Waals surface area contributed by atoms with Crippen LogP contribution in [0.25, 0.3) is 0 Å². The minimum absolute atomic E-state index is 0.636. The second kappa shape index (κ2) is 13.1. The molecule has 0 rings (SSSR count). The van der Waals surface area contributed by atoms with Crippen LogP contribution in [-0.2, 0) is 0 Å². The Balaban J connectivity index is 3.49. The number of unbranched alkanes of at least 4 members (excludes halogenated alkanes) is 9. The molecule has 0 aliphatic rings. The van der Waals surface area contributed by atoms with E-state index >= 15 is 0 Å². The maximum Gasteiger partial charge on any atom is 0.109 e. The van der Waals surface area contributed by atoms with Gasteiger partial charge in [-0.05, 0) is 0 Å². The zero-order chi connectivity index (χ0) is 14.4. The van der Waals surface area contributed by atoms with Gasteiger partial charge in [-0.2, -0.15) is 0 Å². The van der Waals surface area contributed by atoms with Crippen LogP contribution in [-0.4, -0.2) is 7.85 Å². The van der Waals surface area contributed by atoms with Gasteiger partial charge in [-0.25, -0.2) is 0 Å². The first-order chi connectivity index (χ1) is 9.18. The van der Waals surface area contributed by atoms with Crippen molar-refractivity contribution < 1.29 is 0 Å². The van der Waals surface area contributed by atoms with E-state index in [1.165, 1.54) is 89.9 Å². The largest absolute Gasteiger partial charge is 0.109 e. The normalized spacial score (nSPS) is 14.5. The fraction of sp³-hybridized carbons (Fsp3) is 1.00. The molecule has 0 aliphatic heterocycles. The number of hydrogen-bond donors (Lipinski definition) is 0. The maximum absolute atomic E-state index is 2.52. The molecule has 0 saturated heterocycles. The van der Waals surface area contributed by atoms with E-state index in [1.807, 2.05) is 0 Å².